The summed E-state index contributed by atoms with van der Waals surface area (Å²) in [6, 6.07) is 67.2. The van der Waals surface area contributed by atoms with E-state index in [1.54, 1.807) is 0 Å². The summed E-state index contributed by atoms with van der Waals surface area (Å²) in [4.78, 5) is 0. The summed E-state index contributed by atoms with van der Waals surface area (Å²) in [6.45, 7) is 0. The summed E-state index contributed by atoms with van der Waals surface area (Å²) in [5.74, 6) is 1.77. The monoisotopic (exact) mass is 718 g/mol. The zero-order valence-electron chi connectivity index (χ0n) is 30.7. The van der Waals surface area contributed by atoms with E-state index >= 15 is 0 Å². The zero-order valence-corrected chi connectivity index (χ0v) is 30.7. The molecule has 0 bridgehead atoms. The molecule has 2 unspecified atom stereocenters. The lowest BCUT2D eigenvalue weighted by atomic mass is 9.66. The van der Waals surface area contributed by atoms with Crippen molar-refractivity contribution in [3.05, 3.63) is 233 Å². The Kier molecular flexibility index (Phi) is 7.53. The maximum Gasteiger partial charge on any atom is 0.132 e. The SMILES string of the molecule is NC(NC(/C=C/c1ccc2c(c1)C1(c3ccccc3O2)c2ccccc2-c2ccccc21)c1c2ccccc2cc2c1ccc1ccccc12)c1ccccc1. The van der Waals surface area contributed by atoms with E-state index in [2.05, 4.69) is 187 Å². The largest absolute Gasteiger partial charge is 0.457 e. The lowest BCUT2D eigenvalue weighted by Gasteiger charge is -2.39. The van der Waals surface area contributed by atoms with Crippen molar-refractivity contribution in [2.75, 3.05) is 0 Å². The first-order valence-corrected chi connectivity index (χ1v) is 19.4. The average Bonchev–Trinajstić information content (AvgIpc) is 3.55. The number of ether oxygens (including phenoxy) is 1. The van der Waals surface area contributed by atoms with Crippen molar-refractivity contribution in [1.29, 1.82) is 0 Å². The van der Waals surface area contributed by atoms with Crippen LogP contribution in [0.5, 0.6) is 11.5 Å². The van der Waals surface area contributed by atoms with Crippen LogP contribution in [-0.2, 0) is 5.41 Å². The van der Waals surface area contributed by atoms with Crippen LogP contribution >= 0.6 is 0 Å². The van der Waals surface area contributed by atoms with Gasteiger partial charge in [-0.15, -0.1) is 0 Å². The Morgan fingerprint density at radius 2 is 1.11 bits per heavy atom. The summed E-state index contributed by atoms with van der Waals surface area (Å²) < 4.78 is 6.72. The van der Waals surface area contributed by atoms with Gasteiger partial charge >= 0.3 is 0 Å². The normalized spacial score (nSPS) is 14.7. The molecule has 0 saturated carbocycles. The van der Waals surface area contributed by atoms with Gasteiger partial charge < -0.3 is 10.5 Å². The second kappa shape index (κ2) is 12.9. The maximum absolute atomic E-state index is 7.02. The van der Waals surface area contributed by atoms with Crippen LogP contribution < -0.4 is 15.8 Å². The van der Waals surface area contributed by atoms with Crippen molar-refractivity contribution in [2.45, 2.75) is 17.6 Å². The van der Waals surface area contributed by atoms with Crippen LogP contribution in [0, 0.1) is 0 Å². The molecule has 1 spiro atoms. The average molecular weight is 719 g/mol. The third-order valence-electron chi connectivity index (χ3n) is 12.0. The number of fused-ring (bicyclic) bond motifs is 13. The number of para-hydroxylation sites is 1. The van der Waals surface area contributed by atoms with Crippen molar-refractivity contribution < 1.29 is 4.74 Å². The summed E-state index contributed by atoms with van der Waals surface area (Å²) in [7, 11) is 0. The second-order valence-electron chi connectivity index (χ2n) is 15.0. The Hall–Kier alpha value is -6.78. The molecule has 0 radical (unpaired) electrons. The van der Waals surface area contributed by atoms with E-state index in [1.807, 2.05) is 18.2 Å². The molecule has 1 heterocycles. The van der Waals surface area contributed by atoms with Gasteiger partial charge in [0.2, 0.25) is 0 Å². The number of nitrogens with two attached hydrogens (primary N) is 1. The molecule has 9 aromatic rings. The Morgan fingerprint density at radius 3 is 1.89 bits per heavy atom. The molecule has 0 saturated heterocycles. The second-order valence-corrected chi connectivity index (χ2v) is 15.0. The van der Waals surface area contributed by atoms with E-state index < -0.39 is 11.6 Å². The fourth-order valence-corrected chi connectivity index (χ4v) is 9.56. The third kappa shape index (κ3) is 4.92. The van der Waals surface area contributed by atoms with Crippen LogP contribution in [0.2, 0.25) is 0 Å². The first-order chi connectivity index (χ1) is 27.7. The minimum atomic E-state index is -0.526. The van der Waals surface area contributed by atoms with E-state index in [9.17, 15) is 0 Å². The number of hydrogen-bond donors (Lipinski definition) is 2. The van der Waals surface area contributed by atoms with Gasteiger partial charge in [-0.1, -0.05) is 176 Å². The van der Waals surface area contributed by atoms with Gasteiger partial charge in [-0.3, -0.25) is 5.32 Å². The molecular weight excluding hydrogens is 681 g/mol. The molecule has 11 rings (SSSR count). The van der Waals surface area contributed by atoms with Crippen LogP contribution in [0.1, 0.15) is 51.2 Å². The molecule has 3 N–H and O–H groups in total. The zero-order chi connectivity index (χ0) is 37.2. The van der Waals surface area contributed by atoms with E-state index in [1.165, 1.54) is 60.1 Å². The van der Waals surface area contributed by atoms with Crippen LogP contribution in [0.4, 0.5) is 0 Å². The van der Waals surface area contributed by atoms with Gasteiger partial charge in [0.15, 0.2) is 0 Å². The van der Waals surface area contributed by atoms with Gasteiger partial charge in [0.25, 0.3) is 0 Å². The van der Waals surface area contributed by atoms with Gasteiger partial charge in [0.05, 0.1) is 17.6 Å². The molecule has 56 heavy (non-hydrogen) atoms. The smallest absolute Gasteiger partial charge is 0.132 e. The lowest BCUT2D eigenvalue weighted by molar-refractivity contribution is 0.436. The van der Waals surface area contributed by atoms with E-state index in [4.69, 9.17) is 10.5 Å². The molecule has 1 aliphatic heterocycles. The molecule has 9 aromatic carbocycles. The Balaban J connectivity index is 1.12. The van der Waals surface area contributed by atoms with Crippen LogP contribution in [0.15, 0.2) is 194 Å². The van der Waals surface area contributed by atoms with Gasteiger partial charge in [0.1, 0.15) is 11.5 Å². The van der Waals surface area contributed by atoms with E-state index in [-0.39, 0.29) is 6.04 Å². The maximum atomic E-state index is 7.02. The van der Waals surface area contributed by atoms with Crippen LogP contribution in [0.3, 0.4) is 0 Å². The predicted octanol–water partition coefficient (Wildman–Crippen LogP) is 12.6. The quantitative estimate of drug-likeness (QED) is 0.102. The highest BCUT2D eigenvalue weighted by Crippen LogP contribution is 2.62. The van der Waals surface area contributed by atoms with Crippen molar-refractivity contribution >= 4 is 38.4 Å². The fraction of sp³-hybridized carbons (Fsp3) is 0.0566. The van der Waals surface area contributed by atoms with E-state index in [0.29, 0.717) is 0 Å². The van der Waals surface area contributed by atoms with Crippen LogP contribution in [-0.4, -0.2) is 0 Å². The topological polar surface area (TPSA) is 47.3 Å². The highest BCUT2D eigenvalue weighted by molar-refractivity contribution is 6.14. The minimum Gasteiger partial charge on any atom is -0.457 e. The number of nitrogens with one attached hydrogen (secondary N) is 1. The standard InChI is InChI=1S/C53H38N2O/c54-52(36-15-2-1-3-16-36)55-48(51-39-19-7-5-17-37(39)33-43-38-18-6-4-14-35(38)28-29-42(43)51)30-26-34-27-31-50-47(32-34)53(46-24-12-13-25-49(46)56-50)44-22-10-8-20-40(44)41-21-9-11-23-45(41)53/h1-33,48,52,55H,54H2/b30-26+. The lowest BCUT2D eigenvalue weighted by Crippen LogP contribution is -2.32. The first-order valence-electron chi connectivity index (χ1n) is 19.4. The van der Waals surface area contributed by atoms with Crippen LogP contribution in [0.25, 0.3) is 49.5 Å². The molecule has 2 aliphatic rings. The predicted molar refractivity (Wildman–Crippen MR) is 231 cm³/mol. The minimum absolute atomic E-state index is 0.227. The molecule has 3 nitrogen and oxygen atoms in total. The van der Waals surface area contributed by atoms with Gasteiger partial charge in [0, 0.05) is 11.1 Å². The summed E-state index contributed by atoms with van der Waals surface area (Å²) >= 11 is 0. The molecule has 0 aromatic heterocycles. The molecule has 1 aliphatic carbocycles. The molecule has 2 atom stereocenters. The molecule has 266 valence electrons. The highest BCUT2D eigenvalue weighted by atomic mass is 16.5. The van der Waals surface area contributed by atoms with Crippen molar-refractivity contribution in [3.8, 4) is 22.6 Å². The molecule has 0 amide bonds. The summed E-state index contributed by atoms with van der Waals surface area (Å²) in [6.07, 6.45) is 4.15. The van der Waals surface area contributed by atoms with Gasteiger partial charge in [-0.25, -0.2) is 0 Å². The third-order valence-corrected chi connectivity index (χ3v) is 12.0. The van der Waals surface area contributed by atoms with Gasteiger partial charge in [-0.2, -0.15) is 0 Å². The molecule has 3 heteroatoms. The number of benzene rings is 9. The Morgan fingerprint density at radius 1 is 0.482 bits per heavy atom. The fourth-order valence-electron chi connectivity index (χ4n) is 9.56. The highest BCUT2D eigenvalue weighted by Gasteiger charge is 2.50. The van der Waals surface area contributed by atoms with Crippen molar-refractivity contribution in [3.63, 3.8) is 0 Å². The number of hydrogen-bond acceptors (Lipinski definition) is 3. The Labute approximate surface area is 326 Å². The Bertz CT molecular complexity index is 2970. The molecular formula is C53H38N2O. The van der Waals surface area contributed by atoms with Crippen molar-refractivity contribution in [2.24, 2.45) is 5.73 Å². The first kappa shape index (κ1) is 32.6. The van der Waals surface area contributed by atoms with Crippen molar-refractivity contribution in [1.82, 2.24) is 5.32 Å². The molecule has 0 fully saturated rings. The van der Waals surface area contributed by atoms with E-state index in [0.717, 1.165) is 33.8 Å². The number of rotatable bonds is 6. The van der Waals surface area contributed by atoms with Gasteiger partial charge in [-0.05, 0) is 95.5 Å². The summed E-state index contributed by atoms with van der Waals surface area (Å²) in [5, 5.41) is 11.2. The summed E-state index contributed by atoms with van der Waals surface area (Å²) in [5.41, 5.74) is 17.2.